The monoisotopic (exact) mass is 310 g/mol. The topological polar surface area (TPSA) is 86.9 Å². The predicted molar refractivity (Wildman–Crippen MR) is 78.9 cm³/mol. The van der Waals surface area contributed by atoms with Crippen LogP contribution in [0.1, 0.15) is 23.0 Å². The Balaban J connectivity index is 2.32. The first-order chi connectivity index (χ1) is 9.86. The molecule has 0 atom stereocenters. The quantitative estimate of drug-likeness (QED) is 0.738. The number of carbonyl (C=O) groups excluding carboxylic acids is 1. The van der Waals surface area contributed by atoms with Gasteiger partial charge in [-0.3, -0.25) is 14.2 Å². The van der Waals surface area contributed by atoms with Crippen molar-refractivity contribution in [3.05, 3.63) is 23.7 Å². The third-order valence-electron chi connectivity index (χ3n) is 3.26. The molecule has 0 aromatic carbocycles. The van der Waals surface area contributed by atoms with Crippen molar-refractivity contribution in [3.63, 3.8) is 0 Å². The fraction of sp³-hybridized carbons (Fsp3) is 0.462. The summed E-state index contributed by atoms with van der Waals surface area (Å²) in [5, 5.41) is 8.56. The number of aldehydes is 1. The molecule has 0 aliphatic rings. The molecule has 0 bridgehead atoms. The number of aromatic nitrogens is 4. The van der Waals surface area contributed by atoms with Gasteiger partial charge in [-0.15, -0.1) is 0 Å². The fourth-order valence-electron chi connectivity index (χ4n) is 2.06. The van der Waals surface area contributed by atoms with E-state index in [0.29, 0.717) is 11.3 Å². The van der Waals surface area contributed by atoms with E-state index >= 15 is 0 Å². The highest BCUT2D eigenvalue weighted by Gasteiger charge is 2.16. The minimum Gasteiger partial charge on any atom is -0.298 e. The Kier molecular flexibility index (Phi) is 4.26. The van der Waals surface area contributed by atoms with Gasteiger partial charge < -0.3 is 0 Å². The van der Waals surface area contributed by atoms with Crippen molar-refractivity contribution in [3.8, 4) is 11.3 Å². The van der Waals surface area contributed by atoms with Crippen LogP contribution in [0.2, 0.25) is 0 Å². The summed E-state index contributed by atoms with van der Waals surface area (Å²) in [5.74, 6) is 0.109. The molecule has 0 amide bonds. The third kappa shape index (κ3) is 3.38. The molecule has 21 heavy (non-hydrogen) atoms. The van der Waals surface area contributed by atoms with Crippen molar-refractivity contribution in [2.75, 3.05) is 11.5 Å². The van der Waals surface area contributed by atoms with Gasteiger partial charge in [-0.2, -0.15) is 10.2 Å². The molecule has 2 aromatic rings. The van der Waals surface area contributed by atoms with E-state index in [0.717, 1.165) is 17.5 Å². The Morgan fingerprint density at radius 3 is 2.52 bits per heavy atom. The number of carbonyl (C=O) groups is 1. The highest BCUT2D eigenvalue weighted by Crippen LogP contribution is 2.23. The lowest BCUT2D eigenvalue weighted by molar-refractivity contribution is 0.112. The SMILES string of the molecule is CCS(=O)(=O)CCn1cc(C=O)c(-c2cn(C)nc2C)n1. The van der Waals surface area contributed by atoms with Gasteiger partial charge in [-0.25, -0.2) is 8.42 Å². The minimum absolute atomic E-state index is 0.00887. The van der Waals surface area contributed by atoms with Gasteiger partial charge in [0.2, 0.25) is 0 Å². The van der Waals surface area contributed by atoms with E-state index < -0.39 is 9.84 Å². The molecule has 0 saturated carbocycles. The lowest BCUT2D eigenvalue weighted by atomic mass is 10.1. The Morgan fingerprint density at radius 2 is 2.00 bits per heavy atom. The van der Waals surface area contributed by atoms with Gasteiger partial charge in [-0.05, 0) is 6.92 Å². The number of sulfone groups is 1. The van der Waals surface area contributed by atoms with Gasteiger partial charge in [0.05, 0.1) is 23.6 Å². The molecule has 0 aliphatic carbocycles. The summed E-state index contributed by atoms with van der Waals surface area (Å²) in [4.78, 5) is 11.2. The van der Waals surface area contributed by atoms with Gasteiger partial charge in [0.15, 0.2) is 16.1 Å². The Labute approximate surface area is 123 Å². The molecule has 0 unspecified atom stereocenters. The number of nitrogens with zero attached hydrogens (tertiary/aromatic N) is 4. The van der Waals surface area contributed by atoms with Crippen molar-refractivity contribution >= 4 is 16.1 Å². The zero-order chi connectivity index (χ0) is 15.6. The smallest absolute Gasteiger partial charge is 0.153 e. The highest BCUT2D eigenvalue weighted by molar-refractivity contribution is 7.91. The van der Waals surface area contributed by atoms with Crippen LogP contribution in [0.4, 0.5) is 0 Å². The van der Waals surface area contributed by atoms with Crippen LogP contribution < -0.4 is 0 Å². The van der Waals surface area contributed by atoms with Gasteiger partial charge >= 0.3 is 0 Å². The van der Waals surface area contributed by atoms with Gasteiger partial charge in [0, 0.05) is 30.8 Å². The van der Waals surface area contributed by atoms with E-state index in [1.807, 2.05) is 6.92 Å². The molecule has 2 rings (SSSR count). The van der Waals surface area contributed by atoms with Crippen LogP contribution in [0, 0.1) is 6.92 Å². The van der Waals surface area contributed by atoms with E-state index in [9.17, 15) is 13.2 Å². The van der Waals surface area contributed by atoms with Crippen molar-refractivity contribution in [1.82, 2.24) is 19.6 Å². The Hall–Kier alpha value is -1.96. The van der Waals surface area contributed by atoms with Crippen molar-refractivity contribution in [2.45, 2.75) is 20.4 Å². The number of rotatable bonds is 6. The number of aryl methyl sites for hydroxylation is 3. The first-order valence-electron chi connectivity index (χ1n) is 6.60. The maximum Gasteiger partial charge on any atom is 0.153 e. The second-order valence-electron chi connectivity index (χ2n) is 4.85. The van der Waals surface area contributed by atoms with Crippen LogP contribution in [0.3, 0.4) is 0 Å². The number of hydrogen-bond acceptors (Lipinski definition) is 5. The van der Waals surface area contributed by atoms with Crippen LogP contribution >= 0.6 is 0 Å². The van der Waals surface area contributed by atoms with E-state index in [1.54, 1.807) is 31.0 Å². The normalized spacial score (nSPS) is 11.8. The van der Waals surface area contributed by atoms with Crippen LogP contribution in [-0.2, 0) is 23.4 Å². The van der Waals surface area contributed by atoms with E-state index in [-0.39, 0.29) is 18.1 Å². The lowest BCUT2D eigenvalue weighted by Crippen LogP contribution is -2.14. The molecular weight excluding hydrogens is 292 g/mol. The van der Waals surface area contributed by atoms with Gasteiger partial charge in [-0.1, -0.05) is 6.92 Å². The zero-order valence-corrected chi connectivity index (χ0v) is 13.1. The Morgan fingerprint density at radius 1 is 1.29 bits per heavy atom. The average Bonchev–Trinajstić information content (AvgIpc) is 2.99. The molecular formula is C13H18N4O3S. The molecule has 0 fully saturated rings. The van der Waals surface area contributed by atoms with Gasteiger partial charge in [0.25, 0.3) is 0 Å². The highest BCUT2D eigenvalue weighted by atomic mass is 32.2. The first kappa shape index (κ1) is 15.4. The predicted octanol–water partition coefficient (Wildman–Crippen LogP) is 0.839. The summed E-state index contributed by atoms with van der Waals surface area (Å²) in [7, 11) is -1.27. The summed E-state index contributed by atoms with van der Waals surface area (Å²) in [6.45, 7) is 3.68. The van der Waals surface area contributed by atoms with Crippen molar-refractivity contribution in [1.29, 1.82) is 0 Å². The standard InChI is InChI=1S/C13H18N4O3S/c1-4-21(19,20)6-5-17-7-11(9-18)13(15-17)12-8-16(3)14-10(12)2/h7-9H,4-6H2,1-3H3. The zero-order valence-electron chi connectivity index (χ0n) is 12.3. The maximum atomic E-state index is 11.5. The van der Waals surface area contributed by atoms with Crippen LogP contribution in [-0.4, -0.2) is 45.8 Å². The summed E-state index contributed by atoms with van der Waals surface area (Å²) < 4.78 is 26.2. The van der Waals surface area contributed by atoms with Crippen LogP contribution in [0.5, 0.6) is 0 Å². The molecule has 7 nitrogen and oxygen atoms in total. The Bertz CT molecular complexity index is 758. The van der Waals surface area contributed by atoms with Crippen molar-refractivity contribution in [2.24, 2.45) is 7.05 Å². The van der Waals surface area contributed by atoms with E-state index in [4.69, 9.17) is 0 Å². The second-order valence-corrected chi connectivity index (χ2v) is 7.32. The average molecular weight is 310 g/mol. The van der Waals surface area contributed by atoms with E-state index in [2.05, 4.69) is 10.2 Å². The van der Waals surface area contributed by atoms with Crippen molar-refractivity contribution < 1.29 is 13.2 Å². The summed E-state index contributed by atoms with van der Waals surface area (Å²) in [5.41, 5.74) is 2.51. The maximum absolute atomic E-state index is 11.5. The summed E-state index contributed by atoms with van der Waals surface area (Å²) >= 11 is 0. The summed E-state index contributed by atoms with van der Waals surface area (Å²) in [6, 6.07) is 0. The largest absolute Gasteiger partial charge is 0.298 e. The minimum atomic E-state index is -3.06. The van der Waals surface area contributed by atoms with Crippen LogP contribution in [0.15, 0.2) is 12.4 Å². The van der Waals surface area contributed by atoms with Crippen LogP contribution in [0.25, 0.3) is 11.3 Å². The molecule has 0 saturated heterocycles. The molecule has 0 aliphatic heterocycles. The fourth-order valence-corrected chi connectivity index (χ4v) is 2.81. The molecule has 2 aromatic heterocycles. The molecule has 0 radical (unpaired) electrons. The van der Waals surface area contributed by atoms with E-state index in [1.165, 1.54) is 4.68 Å². The molecule has 0 spiro atoms. The number of hydrogen-bond donors (Lipinski definition) is 0. The first-order valence-corrected chi connectivity index (χ1v) is 8.42. The third-order valence-corrected chi connectivity index (χ3v) is 4.94. The second kappa shape index (κ2) is 5.80. The molecule has 8 heteroatoms. The molecule has 114 valence electrons. The molecule has 2 heterocycles. The summed E-state index contributed by atoms with van der Waals surface area (Å²) in [6.07, 6.45) is 4.08. The lowest BCUT2D eigenvalue weighted by Gasteiger charge is -2.01. The molecule has 0 N–H and O–H groups in total. The van der Waals surface area contributed by atoms with Gasteiger partial charge in [0.1, 0.15) is 5.69 Å².